The van der Waals surface area contributed by atoms with Crippen molar-refractivity contribution in [1.29, 1.82) is 0 Å². The lowest BCUT2D eigenvalue weighted by atomic mass is 10.1. The lowest BCUT2D eigenvalue weighted by Gasteiger charge is -2.11. The second-order valence-corrected chi connectivity index (χ2v) is 6.81. The van der Waals surface area contributed by atoms with E-state index in [2.05, 4.69) is 22.5 Å². The molecule has 1 heterocycles. The number of guanidine groups is 1. The van der Waals surface area contributed by atoms with E-state index in [-0.39, 0.29) is 29.9 Å². The number of hydrogen-bond acceptors (Lipinski definition) is 5. The summed E-state index contributed by atoms with van der Waals surface area (Å²) < 4.78 is 16.0. The molecule has 0 amide bonds. The van der Waals surface area contributed by atoms with Crippen molar-refractivity contribution in [1.82, 2.24) is 10.6 Å². The minimum absolute atomic E-state index is 0. The molecule has 1 atom stereocenters. The Kier molecular flexibility index (Phi) is 19.3. The monoisotopic (exact) mass is 513 g/mol. The lowest BCUT2D eigenvalue weighted by molar-refractivity contribution is -0.143. The third kappa shape index (κ3) is 15.3. The van der Waals surface area contributed by atoms with Gasteiger partial charge in [-0.1, -0.05) is 12.8 Å². The van der Waals surface area contributed by atoms with Gasteiger partial charge in [0.2, 0.25) is 0 Å². The largest absolute Gasteiger partial charge is 0.466 e. The van der Waals surface area contributed by atoms with E-state index in [1.807, 2.05) is 6.92 Å². The Balaban J connectivity index is 0.00000729. The van der Waals surface area contributed by atoms with Gasteiger partial charge in [-0.15, -0.1) is 24.0 Å². The molecule has 1 saturated heterocycles. The summed E-state index contributed by atoms with van der Waals surface area (Å²) in [6.07, 6.45) is 6.70. The van der Waals surface area contributed by atoms with Gasteiger partial charge < -0.3 is 24.8 Å². The molecule has 2 N–H and O–H groups in total. The summed E-state index contributed by atoms with van der Waals surface area (Å²) in [5.74, 6) is 1.36. The molecule has 28 heavy (non-hydrogen) atoms. The van der Waals surface area contributed by atoms with Gasteiger partial charge in [0.1, 0.15) is 0 Å². The maximum Gasteiger partial charge on any atom is 0.305 e. The second kappa shape index (κ2) is 19.7. The molecule has 8 heteroatoms. The number of ether oxygens (including phenoxy) is 3. The Morgan fingerprint density at radius 1 is 1.14 bits per heavy atom. The zero-order chi connectivity index (χ0) is 19.6. The zero-order valence-electron chi connectivity index (χ0n) is 17.7. The summed E-state index contributed by atoms with van der Waals surface area (Å²) in [7, 11) is 0. The molecule has 0 aromatic heterocycles. The maximum absolute atomic E-state index is 11.3. The fraction of sp³-hybridized carbons (Fsp3) is 0.900. The van der Waals surface area contributed by atoms with Gasteiger partial charge in [0, 0.05) is 45.2 Å². The van der Waals surface area contributed by atoms with Crippen LogP contribution < -0.4 is 10.6 Å². The topological polar surface area (TPSA) is 81.2 Å². The lowest BCUT2D eigenvalue weighted by Crippen LogP contribution is -2.37. The van der Waals surface area contributed by atoms with E-state index < -0.39 is 0 Å². The number of nitrogens with one attached hydrogen (secondary N) is 2. The van der Waals surface area contributed by atoms with Crippen LogP contribution in [0.2, 0.25) is 0 Å². The van der Waals surface area contributed by atoms with Gasteiger partial charge >= 0.3 is 5.97 Å². The number of hydrogen-bond donors (Lipinski definition) is 2. The number of nitrogens with zero attached hydrogens (tertiary/aromatic N) is 1. The van der Waals surface area contributed by atoms with Gasteiger partial charge in [0.25, 0.3) is 0 Å². The quantitative estimate of drug-likeness (QED) is 0.115. The van der Waals surface area contributed by atoms with E-state index in [0.29, 0.717) is 18.9 Å². The van der Waals surface area contributed by atoms with Gasteiger partial charge in [-0.05, 0) is 39.5 Å². The first kappa shape index (κ1) is 27.4. The Morgan fingerprint density at radius 3 is 2.68 bits per heavy atom. The van der Waals surface area contributed by atoms with E-state index in [9.17, 15) is 4.79 Å². The van der Waals surface area contributed by atoms with Gasteiger partial charge in [-0.25, -0.2) is 0 Å². The van der Waals surface area contributed by atoms with Crippen molar-refractivity contribution in [2.45, 2.75) is 58.8 Å². The van der Waals surface area contributed by atoms with Gasteiger partial charge in [0.15, 0.2) is 5.96 Å². The molecule has 0 bridgehead atoms. The number of esters is 1. The first-order valence-electron chi connectivity index (χ1n) is 10.6. The van der Waals surface area contributed by atoms with E-state index in [4.69, 9.17) is 14.2 Å². The number of aliphatic imine (C=N–C) groups is 1. The molecule has 1 rings (SSSR count). The van der Waals surface area contributed by atoms with Crippen molar-refractivity contribution in [2.24, 2.45) is 10.9 Å². The van der Waals surface area contributed by atoms with E-state index >= 15 is 0 Å². The Morgan fingerprint density at radius 2 is 1.96 bits per heavy atom. The van der Waals surface area contributed by atoms with Crippen molar-refractivity contribution in [3.8, 4) is 0 Å². The van der Waals surface area contributed by atoms with Crippen LogP contribution in [-0.2, 0) is 19.0 Å². The van der Waals surface area contributed by atoms with Crippen molar-refractivity contribution >= 4 is 35.9 Å². The molecule has 1 aliphatic rings. The average Bonchev–Trinajstić information content (AvgIpc) is 3.17. The van der Waals surface area contributed by atoms with E-state index in [0.717, 1.165) is 90.5 Å². The van der Waals surface area contributed by atoms with Crippen molar-refractivity contribution in [3.63, 3.8) is 0 Å². The third-order valence-corrected chi connectivity index (χ3v) is 4.34. The molecular formula is C20H40IN3O4. The highest BCUT2D eigenvalue weighted by Gasteiger charge is 2.15. The molecule has 0 aliphatic carbocycles. The minimum atomic E-state index is -0.0854. The van der Waals surface area contributed by atoms with Crippen LogP contribution in [0.3, 0.4) is 0 Å². The number of carbonyl (C=O) groups is 1. The highest BCUT2D eigenvalue weighted by molar-refractivity contribution is 14.0. The zero-order valence-corrected chi connectivity index (χ0v) is 20.0. The van der Waals surface area contributed by atoms with Crippen molar-refractivity contribution in [2.75, 3.05) is 52.7 Å². The first-order valence-corrected chi connectivity index (χ1v) is 10.6. The second-order valence-electron chi connectivity index (χ2n) is 6.81. The van der Waals surface area contributed by atoms with Crippen LogP contribution in [0, 0.1) is 5.92 Å². The fourth-order valence-corrected chi connectivity index (χ4v) is 2.85. The van der Waals surface area contributed by atoms with E-state index in [1.54, 1.807) is 0 Å². The minimum Gasteiger partial charge on any atom is -0.466 e. The normalized spacial score (nSPS) is 16.5. The number of carbonyl (C=O) groups excluding carboxylic acids is 1. The summed E-state index contributed by atoms with van der Waals surface area (Å²) in [5, 5.41) is 6.64. The summed E-state index contributed by atoms with van der Waals surface area (Å²) in [4.78, 5) is 15.8. The fourth-order valence-electron chi connectivity index (χ4n) is 2.85. The predicted octanol–water partition coefficient (Wildman–Crippen LogP) is 3.12. The summed E-state index contributed by atoms with van der Waals surface area (Å²) >= 11 is 0. The van der Waals surface area contributed by atoms with Crippen LogP contribution in [0.15, 0.2) is 4.99 Å². The molecule has 1 aliphatic heterocycles. The maximum atomic E-state index is 11.3. The molecule has 0 saturated carbocycles. The summed E-state index contributed by atoms with van der Waals surface area (Å²) in [6.45, 7) is 10.2. The highest BCUT2D eigenvalue weighted by Crippen LogP contribution is 2.12. The molecule has 0 radical (unpaired) electrons. The molecule has 7 nitrogen and oxygen atoms in total. The number of halogens is 1. The standard InChI is InChI=1S/C20H39N3O4.HI/c1-3-21-20(22-12-8-6-5-7-10-19(24)27-4-2)23-13-9-14-25-16-18-11-15-26-17-18;/h18H,3-17H2,1-2H3,(H2,21,22,23);1H. The molecule has 0 spiro atoms. The molecule has 0 aromatic carbocycles. The molecule has 0 aromatic rings. The van der Waals surface area contributed by atoms with E-state index in [1.165, 1.54) is 0 Å². The third-order valence-electron chi connectivity index (χ3n) is 4.34. The summed E-state index contributed by atoms with van der Waals surface area (Å²) in [6, 6.07) is 0. The number of rotatable bonds is 15. The Bertz CT molecular complexity index is 405. The van der Waals surface area contributed by atoms with Gasteiger partial charge in [0.05, 0.1) is 19.8 Å². The molecule has 166 valence electrons. The van der Waals surface area contributed by atoms with Crippen LogP contribution in [-0.4, -0.2) is 64.6 Å². The molecule has 1 fully saturated rings. The van der Waals surface area contributed by atoms with Gasteiger partial charge in [-0.3, -0.25) is 9.79 Å². The smallest absolute Gasteiger partial charge is 0.305 e. The number of unbranched alkanes of at least 4 members (excludes halogenated alkanes) is 3. The van der Waals surface area contributed by atoms with Crippen molar-refractivity contribution < 1.29 is 19.0 Å². The van der Waals surface area contributed by atoms with Crippen LogP contribution in [0.25, 0.3) is 0 Å². The predicted molar refractivity (Wildman–Crippen MR) is 123 cm³/mol. The van der Waals surface area contributed by atoms with Crippen LogP contribution >= 0.6 is 24.0 Å². The highest BCUT2D eigenvalue weighted by atomic mass is 127. The average molecular weight is 513 g/mol. The SMILES string of the molecule is CCNC(=NCCCOCC1CCOC1)NCCCCCCC(=O)OCC.I. The Labute approximate surface area is 187 Å². The first-order chi connectivity index (χ1) is 13.3. The summed E-state index contributed by atoms with van der Waals surface area (Å²) in [5.41, 5.74) is 0. The van der Waals surface area contributed by atoms with Crippen LogP contribution in [0.1, 0.15) is 58.8 Å². The molecular weight excluding hydrogens is 473 g/mol. The van der Waals surface area contributed by atoms with Crippen molar-refractivity contribution in [3.05, 3.63) is 0 Å². The van der Waals surface area contributed by atoms with Crippen LogP contribution in [0.5, 0.6) is 0 Å². The van der Waals surface area contributed by atoms with Gasteiger partial charge in [-0.2, -0.15) is 0 Å². The Hall–Kier alpha value is -0.610. The molecule has 1 unspecified atom stereocenters. The van der Waals surface area contributed by atoms with Crippen LogP contribution in [0.4, 0.5) is 0 Å².